The maximum atomic E-state index is 13.5. The summed E-state index contributed by atoms with van der Waals surface area (Å²) in [6.45, 7) is 2.87. The lowest BCUT2D eigenvalue weighted by Crippen LogP contribution is -2.42. The summed E-state index contributed by atoms with van der Waals surface area (Å²) in [7, 11) is 0. The van der Waals surface area contributed by atoms with Gasteiger partial charge in [0.25, 0.3) is 0 Å². The summed E-state index contributed by atoms with van der Waals surface area (Å²) < 4.78 is 1.89. The predicted molar refractivity (Wildman–Crippen MR) is 115 cm³/mol. The molecule has 0 unspecified atom stereocenters. The van der Waals surface area contributed by atoms with Crippen LogP contribution in [0.1, 0.15) is 48.8 Å². The van der Waals surface area contributed by atoms with Gasteiger partial charge >= 0.3 is 0 Å². The molecule has 1 N–H and O–H groups in total. The molecule has 1 fully saturated rings. The molecule has 0 spiro atoms. The van der Waals surface area contributed by atoms with Crippen molar-refractivity contribution in [3.05, 3.63) is 77.7 Å². The summed E-state index contributed by atoms with van der Waals surface area (Å²) >= 11 is 0. The molecule has 0 aliphatic heterocycles. The van der Waals surface area contributed by atoms with Crippen LogP contribution >= 0.6 is 0 Å². The molecule has 4 rings (SSSR count). The monoisotopic (exact) mass is 388 g/mol. The predicted octanol–water partition coefficient (Wildman–Crippen LogP) is 4.67. The molecule has 150 valence electrons. The zero-order chi connectivity index (χ0) is 20.1. The molecule has 29 heavy (non-hydrogen) atoms. The molecule has 1 amide bonds. The van der Waals surface area contributed by atoms with Gasteiger partial charge in [-0.25, -0.2) is 0 Å². The Morgan fingerprint density at radius 2 is 1.83 bits per heavy atom. The summed E-state index contributed by atoms with van der Waals surface area (Å²) in [5, 5.41) is 7.69. The number of hydrogen-bond acceptors (Lipinski definition) is 3. The van der Waals surface area contributed by atoms with Crippen LogP contribution in [-0.4, -0.2) is 20.7 Å². The van der Waals surface area contributed by atoms with Gasteiger partial charge in [0.05, 0.1) is 5.41 Å². The molecular formula is C24H28N4O. The molecule has 2 heterocycles. The number of aromatic nitrogens is 3. The summed E-state index contributed by atoms with van der Waals surface area (Å²) in [5.74, 6) is 0.703. The quantitative estimate of drug-likeness (QED) is 0.667. The van der Waals surface area contributed by atoms with Gasteiger partial charge in [-0.3, -0.25) is 14.5 Å². The molecular weight excluding hydrogens is 360 g/mol. The first kappa shape index (κ1) is 19.4. The Kier molecular flexibility index (Phi) is 5.74. The van der Waals surface area contributed by atoms with Crippen molar-refractivity contribution >= 4 is 11.7 Å². The van der Waals surface area contributed by atoms with Crippen LogP contribution in [0.2, 0.25) is 0 Å². The fourth-order valence-electron chi connectivity index (χ4n) is 4.47. The van der Waals surface area contributed by atoms with Crippen LogP contribution in [0.5, 0.6) is 0 Å². The highest BCUT2D eigenvalue weighted by Gasteiger charge is 2.42. The fourth-order valence-corrected chi connectivity index (χ4v) is 4.47. The van der Waals surface area contributed by atoms with Crippen LogP contribution in [0.3, 0.4) is 0 Å². The van der Waals surface area contributed by atoms with Crippen LogP contribution in [0.25, 0.3) is 0 Å². The number of carbonyl (C=O) groups is 1. The minimum Gasteiger partial charge on any atom is -0.308 e. The van der Waals surface area contributed by atoms with Gasteiger partial charge in [-0.05, 0) is 55.0 Å². The van der Waals surface area contributed by atoms with Crippen molar-refractivity contribution in [1.29, 1.82) is 0 Å². The van der Waals surface area contributed by atoms with Crippen LogP contribution in [0.15, 0.2) is 61.1 Å². The Balaban J connectivity index is 1.48. The number of nitrogens with one attached hydrogen (secondary N) is 1. The molecule has 1 aliphatic rings. The highest BCUT2D eigenvalue weighted by molar-refractivity contribution is 5.98. The van der Waals surface area contributed by atoms with E-state index in [2.05, 4.69) is 34.5 Å². The molecule has 0 atom stereocenters. The standard InChI is InChI=1S/C24H28N4O/c1-19-7-3-4-8-21(19)24(13-5-2-6-14-24)23(29)26-22-12-18-28(27-22)17-11-20-9-15-25-16-10-20/h3-4,7-10,12,15-16,18H,2,5-6,11,13-14,17H2,1H3,(H,26,27,29). The van der Waals surface area contributed by atoms with Gasteiger partial charge in [0.2, 0.25) is 5.91 Å². The van der Waals surface area contributed by atoms with Gasteiger partial charge < -0.3 is 5.32 Å². The number of pyridine rings is 1. The van der Waals surface area contributed by atoms with Gasteiger partial charge in [-0.1, -0.05) is 43.5 Å². The van der Waals surface area contributed by atoms with Crippen molar-refractivity contribution in [1.82, 2.24) is 14.8 Å². The highest BCUT2D eigenvalue weighted by Crippen LogP contribution is 2.41. The average molecular weight is 389 g/mol. The van der Waals surface area contributed by atoms with Gasteiger partial charge in [0.15, 0.2) is 5.82 Å². The van der Waals surface area contributed by atoms with Crippen molar-refractivity contribution in [2.75, 3.05) is 5.32 Å². The third-order valence-electron chi connectivity index (χ3n) is 6.06. The van der Waals surface area contributed by atoms with Crippen molar-refractivity contribution in [3.8, 4) is 0 Å². The summed E-state index contributed by atoms with van der Waals surface area (Å²) in [6, 6.07) is 14.2. The zero-order valence-corrected chi connectivity index (χ0v) is 17.0. The number of rotatable bonds is 6. The maximum absolute atomic E-state index is 13.5. The minimum absolute atomic E-state index is 0.0749. The third-order valence-corrected chi connectivity index (χ3v) is 6.06. The van der Waals surface area contributed by atoms with Crippen molar-refractivity contribution in [2.45, 2.75) is 57.4 Å². The Hall–Kier alpha value is -2.95. The van der Waals surface area contributed by atoms with E-state index in [1.54, 1.807) is 12.4 Å². The Labute approximate surface area is 172 Å². The summed E-state index contributed by atoms with van der Waals surface area (Å²) in [5.41, 5.74) is 3.12. The van der Waals surface area contributed by atoms with Crippen molar-refractivity contribution in [3.63, 3.8) is 0 Å². The van der Waals surface area contributed by atoms with Crippen LogP contribution in [0.4, 0.5) is 5.82 Å². The van der Waals surface area contributed by atoms with E-state index in [0.717, 1.165) is 44.2 Å². The molecule has 0 radical (unpaired) electrons. The molecule has 5 nitrogen and oxygen atoms in total. The van der Waals surface area contributed by atoms with Crippen LogP contribution in [0, 0.1) is 6.92 Å². The topological polar surface area (TPSA) is 59.8 Å². The van der Waals surface area contributed by atoms with E-state index in [4.69, 9.17) is 0 Å². The zero-order valence-electron chi connectivity index (χ0n) is 17.0. The van der Waals surface area contributed by atoms with Gasteiger partial charge in [-0.15, -0.1) is 0 Å². The second-order valence-corrected chi connectivity index (χ2v) is 7.98. The number of benzene rings is 1. The number of nitrogens with zero attached hydrogens (tertiary/aromatic N) is 3. The molecule has 0 saturated heterocycles. The van der Waals surface area contributed by atoms with Gasteiger partial charge in [0, 0.05) is 31.2 Å². The first-order valence-electron chi connectivity index (χ1n) is 10.5. The lowest BCUT2D eigenvalue weighted by atomic mass is 9.67. The SMILES string of the molecule is Cc1ccccc1C1(C(=O)Nc2ccn(CCc3ccncc3)n2)CCCCC1. The Morgan fingerprint density at radius 1 is 1.07 bits per heavy atom. The Morgan fingerprint density at radius 3 is 2.59 bits per heavy atom. The third kappa shape index (κ3) is 4.24. The number of aryl methyl sites for hydroxylation is 3. The molecule has 0 bridgehead atoms. The molecule has 5 heteroatoms. The van der Waals surface area contributed by atoms with E-state index in [-0.39, 0.29) is 5.91 Å². The molecule has 3 aromatic rings. The van der Waals surface area contributed by atoms with Gasteiger partial charge in [-0.2, -0.15) is 5.10 Å². The smallest absolute Gasteiger partial charge is 0.236 e. The summed E-state index contributed by atoms with van der Waals surface area (Å²) in [4.78, 5) is 17.5. The largest absolute Gasteiger partial charge is 0.308 e. The van der Waals surface area contributed by atoms with E-state index in [1.807, 2.05) is 41.2 Å². The molecule has 1 saturated carbocycles. The lowest BCUT2D eigenvalue weighted by molar-refractivity contribution is -0.122. The number of amides is 1. The molecule has 1 aliphatic carbocycles. The first-order valence-corrected chi connectivity index (χ1v) is 10.5. The second-order valence-electron chi connectivity index (χ2n) is 7.98. The highest BCUT2D eigenvalue weighted by atomic mass is 16.2. The maximum Gasteiger partial charge on any atom is 0.236 e. The molecule has 2 aromatic heterocycles. The van der Waals surface area contributed by atoms with E-state index >= 15 is 0 Å². The summed E-state index contributed by atoms with van der Waals surface area (Å²) in [6.07, 6.45) is 11.6. The lowest BCUT2D eigenvalue weighted by Gasteiger charge is -2.37. The van der Waals surface area contributed by atoms with Crippen LogP contribution in [-0.2, 0) is 23.2 Å². The van der Waals surface area contributed by atoms with E-state index in [0.29, 0.717) is 5.82 Å². The van der Waals surface area contributed by atoms with Crippen LogP contribution < -0.4 is 5.32 Å². The normalized spacial score (nSPS) is 15.8. The second kappa shape index (κ2) is 8.60. The minimum atomic E-state index is -0.454. The Bertz CT molecular complexity index is 958. The number of anilines is 1. The average Bonchev–Trinajstić information content (AvgIpc) is 3.21. The van der Waals surface area contributed by atoms with E-state index in [1.165, 1.54) is 17.5 Å². The first-order chi connectivity index (χ1) is 14.2. The fraction of sp³-hybridized carbons (Fsp3) is 0.375. The van der Waals surface area contributed by atoms with E-state index in [9.17, 15) is 4.79 Å². The number of hydrogen-bond donors (Lipinski definition) is 1. The van der Waals surface area contributed by atoms with Crippen molar-refractivity contribution < 1.29 is 4.79 Å². The van der Waals surface area contributed by atoms with Gasteiger partial charge in [0.1, 0.15) is 0 Å². The van der Waals surface area contributed by atoms with E-state index < -0.39 is 5.41 Å². The number of carbonyl (C=O) groups excluding carboxylic acids is 1. The molecule has 1 aromatic carbocycles. The van der Waals surface area contributed by atoms with Crippen molar-refractivity contribution in [2.24, 2.45) is 0 Å².